The first-order chi connectivity index (χ1) is 20.2. The van der Waals surface area contributed by atoms with E-state index < -0.39 is 0 Å². The molecule has 5 heteroatoms. The summed E-state index contributed by atoms with van der Waals surface area (Å²) in [4.78, 5) is 16.2. The van der Waals surface area contributed by atoms with Crippen LogP contribution in [0.3, 0.4) is 0 Å². The second-order valence-electron chi connectivity index (χ2n) is 10.7. The van der Waals surface area contributed by atoms with Crippen LogP contribution in [0, 0.1) is 6.92 Å². The van der Waals surface area contributed by atoms with Crippen LogP contribution < -0.4 is 4.74 Å². The van der Waals surface area contributed by atoms with E-state index in [9.17, 15) is 0 Å². The molecule has 1 unspecified atom stereocenters. The Hall–Kier alpha value is -5.29. The number of benzene rings is 4. The van der Waals surface area contributed by atoms with Crippen molar-refractivity contribution in [2.45, 2.75) is 12.8 Å². The minimum atomic E-state index is -0.130. The Morgan fingerprint density at radius 1 is 0.659 bits per heavy atom. The zero-order valence-electron chi connectivity index (χ0n) is 22.8. The summed E-state index contributed by atoms with van der Waals surface area (Å²) in [6.45, 7) is 2.12. The lowest BCUT2D eigenvalue weighted by Gasteiger charge is -2.18. The van der Waals surface area contributed by atoms with Gasteiger partial charge in [0.25, 0.3) is 0 Å². The van der Waals surface area contributed by atoms with Gasteiger partial charge >= 0.3 is 0 Å². The first-order valence-corrected chi connectivity index (χ1v) is 13.9. The Labute approximate surface area is 236 Å². The van der Waals surface area contributed by atoms with Crippen molar-refractivity contribution < 1.29 is 4.74 Å². The lowest BCUT2D eigenvalue weighted by Crippen LogP contribution is -2.06. The minimum Gasteiger partial charge on any atom is -0.497 e. The van der Waals surface area contributed by atoms with E-state index in [0.717, 1.165) is 55.7 Å². The first-order valence-electron chi connectivity index (χ1n) is 13.9. The molecule has 0 radical (unpaired) electrons. The van der Waals surface area contributed by atoms with Crippen LogP contribution in [0.25, 0.3) is 54.9 Å². The smallest absolute Gasteiger partial charge is 0.119 e. The maximum absolute atomic E-state index is 5.64. The standard InChI is InChI=1S/C36H28N4O/c1-21-11-13-22(14-12-21)35-36-27(24-7-4-6-10-32(24)39-36)18-33(40-35)34(28-19-37-30-9-5-3-8-25(28)30)29-20-38-31-16-15-23(41-2)17-26(29)31/h3-20,34,37-39H,1-2H3. The third kappa shape index (κ3) is 3.74. The van der Waals surface area contributed by atoms with Crippen molar-refractivity contribution in [3.63, 3.8) is 0 Å². The summed E-state index contributed by atoms with van der Waals surface area (Å²) < 4.78 is 5.64. The van der Waals surface area contributed by atoms with Crippen LogP contribution in [0.1, 0.15) is 28.3 Å². The van der Waals surface area contributed by atoms with Crippen LogP contribution in [-0.2, 0) is 0 Å². The quantitative estimate of drug-likeness (QED) is 0.207. The number of pyridine rings is 1. The van der Waals surface area contributed by atoms with Crippen molar-refractivity contribution in [1.82, 2.24) is 19.9 Å². The van der Waals surface area contributed by atoms with Gasteiger partial charge in [-0.25, -0.2) is 4.98 Å². The number of aryl methyl sites for hydroxylation is 1. The van der Waals surface area contributed by atoms with Gasteiger partial charge in [0.1, 0.15) is 5.75 Å². The van der Waals surface area contributed by atoms with Crippen LogP contribution >= 0.6 is 0 Å². The fourth-order valence-corrected chi connectivity index (χ4v) is 6.24. The molecule has 1 atom stereocenters. The predicted octanol–water partition coefficient (Wildman–Crippen LogP) is 8.84. The SMILES string of the molecule is COc1ccc2[nH]cc(C(c3cc4c([nH]c5ccccc54)c(-c4ccc(C)cc4)n3)c3c[nH]c4ccccc34)c2c1. The molecule has 41 heavy (non-hydrogen) atoms. The maximum atomic E-state index is 5.64. The predicted molar refractivity (Wildman–Crippen MR) is 168 cm³/mol. The number of rotatable bonds is 5. The van der Waals surface area contributed by atoms with Crippen molar-refractivity contribution >= 4 is 43.6 Å². The summed E-state index contributed by atoms with van der Waals surface area (Å²) in [5.41, 5.74) is 10.9. The largest absolute Gasteiger partial charge is 0.497 e. The van der Waals surface area contributed by atoms with Crippen LogP contribution in [0.5, 0.6) is 5.75 Å². The lowest BCUT2D eigenvalue weighted by atomic mass is 9.86. The van der Waals surface area contributed by atoms with E-state index in [-0.39, 0.29) is 5.92 Å². The number of H-pyrrole nitrogens is 3. The van der Waals surface area contributed by atoms with Crippen molar-refractivity contribution in [2.24, 2.45) is 0 Å². The number of ether oxygens (including phenoxy) is 1. The van der Waals surface area contributed by atoms with E-state index in [1.165, 1.54) is 27.3 Å². The molecule has 0 aliphatic carbocycles. The van der Waals surface area contributed by atoms with E-state index in [4.69, 9.17) is 9.72 Å². The number of fused-ring (bicyclic) bond motifs is 5. The van der Waals surface area contributed by atoms with Gasteiger partial charge in [-0.3, -0.25) is 0 Å². The molecular formula is C36H28N4O. The average Bonchev–Trinajstić information content (AvgIpc) is 3.73. The van der Waals surface area contributed by atoms with Gasteiger partial charge < -0.3 is 19.7 Å². The highest BCUT2D eigenvalue weighted by Crippen LogP contribution is 2.42. The summed E-state index contributed by atoms with van der Waals surface area (Å²) >= 11 is 0. The van der Waals surface area contributed by atoms with Gasteiger partial charge in [0.05, 0.1) is 29.9 Å². The summed E-state index contributed by atoms with van der Waals surface area (Å²) in [6.07, 6.45) is 4.27. The highest BCUT2D eigenvalue weighted by molar-refractivity contribution is 6.11. The Morgan fingerprint density at radius 3 is 2.12 bits per heavy atom. The van der Waals surface area contributed by atoms with Crippen molar-refractivity contribution in [3.8, 4) is 17.0 Å². The fraction of sp³-hybridized carbons (Fsp3) is 0.0833. The van der Waals surface area contributed by atoms with Gasteiger partial charge in [-0.2, -0.15) is 0 Å². The van der Waals surface area contributed by atoms with E-state index in [1.54, 1.807) is 7.11 Å². The Morgan fingerprint density at radius 2 is 1.34 bits per heavy atom. The van der Waals surface area contributed by atoms with E-state index in [0.29, 0.717) is 0 Å². The van der Waals surface area contributed by atoms with Gasteiger partial charge in [0.2, 0.25) is 0 Å². The molecular weight excluding hydrogens is 504 g/mol. The molecule has 3 N–H and O–H groups in total. The lowest BCUT2D eigenvalue weighted by molar-refractivity contribution is 0.415. The van der Waals surface area contributed by atoms with Gasteiger partial charge in [-0.1, -0.05) is 66.2 Å². The Balaban J connectivity index is 1.48. The Kier molecular flexibility index (Phi) is 5.25. The Bertz CT molecular complexity index is 2210. The molecule has 0 aliphatic heterocycles. The molecule has 0 fully saturated rings. The molecule has 4 heterocycles. The fourth-order valence-electron chi connectivity index (χ4n) is 6.24. The van der Waals surface area contributed by atoms with Crippen molar-refractivity contribution in [1.29, 1.82) is 0 Å². The molecule has 5 nitrogen and oxygen atoms in total. The van der Waals surface area contributed by atoms with Crippen LogP contribution in [-0.4, -0.2) is 27.0 Å². The molecule has 0 bridgehead atoms. The van der Waals surface area contributed by atoms with Gasteiger partial charge in [0.15, 0.2) is 0 Å². The second kappa shape index (κ2) is 9.14. The van der Waals surface area contributed by atoms with Gasteiger partial charge in [-0.15, -0.1) is 0 Å². The maximum Gasteiger partial charge on any atom is 0.119 e. The minimum absolute atomic E-state index is 0.130. The zero-order chi connectivity index (χ0) is 27.5. The average molecular weight is 533 g/mol. The molecule has 0 saturated heterocycles. The highest BCUT2D eigenvalue weighted by Gasteiger charge is 2.27. The highest BCUT2D eigenvalue weighted by atomic mass is 16.5. The third-order valence-corrected chi connectivity index (χ3v) is 8.30. The molecule has 4 aromatic carbocycles. The molecule has 8 rings (SSSR count). The molecule has 0 aliphatic rings. The molecule has 0 saturated carbocycles. The monoisotopic (exact) mass is 532 g/mol. The van der Waals surface area contributed by atoms with E-state index in [2.05, 4.69) is 125 Å². The summed E-state index contributed by atoms with van der Waals surface area (Å²) in [6, 6.07) is 34.1. The van der Waals surface area contributed by atoms with Gasteiger partial charge in [-0.05, 0) is 54.4 Å². The zero-order valence-corrected chi connectivity index (χ0v) is 22.8. The normalized spacial score (nSPS) is 12.5. The summed E-state index contributed by atoms with van der Waals surface area (Å²) in [5, 5.41) is 4.67. The molecule has 0 spiro atoms. The number of methoxy groups -OCH3 is 1. The van der Waals surface area contributed by atoms with Crippen molar-refractivity contribution in [3.05, 3.63) is 132 Å². The summed E-state index contributed by atoms with van der Waals surface area (Å²) in [7, 11) is 1.71. The number of hydrogen-bond acceptors (Lipinski definition) is 2. The number of para-hydroxylation sites is 2. The first kappa shape index (κ1) is 23.6. The molecule has 0 amide bonds. The number of nitrogens with zero attached hydrogens (tertiary/aromatic N) is 1. The topological polar surface area (TPSA) is 69.5 Å². The van der Waals surface area contributed by atoms with Crippen LogP contribution in [0.2, 0.25) is 0 Å². The van der Waals surface area contributed by atoms with E-state index >= 15 is 0 Å². The number of aromatic amines is 3. The summed E-state index contributed by atoms with van der Waals surface area (Å²) in [5.74, 6) is 0.700. The van der Waals surface area contributed by atoms with Gasteiger partial charge in [0, 0.05) is 56.1 Å². The second-order valence-corrected chi connectivity index (χ2v) is 10.7. The molecule has 4 aromatic heterocycles. The third-order valence-electron chi connectivity index (χ3n) is 8.30. The number of hydrogen-bond donors (Lipinski definition) is 3. The van der Waals surface area contributed by atoms with Crippen LogP contribution in [0.4, 0.5) is 0 Å². The van der Waals surface area contributed by atoms with Crippen molar-refractivity contribution in [2.75, 3.05) is 7.11 Å². The molecule has 198 valence electrons. The molecule has 8 aromatic rings. The van der Waals surface area contributed by atoms with E-state index in [1.807, 2.05) is 6.07 Å². The number of aromatic nitrogens is 4. The number of nitrogens with one attached hydrogen (secondary N) is 3. The van der Waals surface area contributed by atoms with Crippen LogP contribution in [0.15, 0.2) is 109 Å².